The molecule has 0 aromatic rings. The molecule has 7 nitrogen and oxygen atoms in total. The highest BCUT2D eigenvalue weighted by Gasteiger charge is 2.25. The number of hydrogen-bond acceptors (Lipinski definition) is 4. The lowest BCUT2D eigenvalue weighted by Gasteiger charge is -2.30. The molecule has 0 aromatic carbocycles. The summed E-state index contributed by atoms with van der Waals surface area (Å²) in [5, 5.41) is 20.1. The lowest BCUT2D eigenvalue weighted by molar-refractivity contribution is -0.147. The first-order chi connectivity index (χ1) is 8.91. The molecule has 0 saturated carbocycles. The number of aliphatic carboxylic acids is 1. The third kappa shape index (κ3) is 4.86. The van der Waals surface area contributed by atoms with Gasteiger partial charge in [-0.25, -0.2) is 4.79 Å². The third-order valence-electron chi connectivity index (χ3n) is 3.31. The number of carbonyl (C=O) groups excluding carboxylic acids is 2. The predicted octanol–water partition coefficient (Wildman–Crippen LogP) is -0.803. The number of nitrogens with one attached hydrogen (secondary N) is 1. The fraction of sp³-hybridized carbons (Fsp3) is 0.750. The van der Waals surface area contributed by atoms with Crippen LogP contribution in [0.1, 0.15) is 26.2 Å². The molecule has 108 valence electrons. The molecular formula is C12H20N2O5. The monoisotopic (exact) mass is 272 g/mol. The lowest BCUT2D eigenvalue weighted by Crippen LogP contribution is -2.42. The maximum Gasteiger partial charge on any atom is 0.332 e. The van der Waals surface area contributed by atoms with Crippen molar-refractivity contribution in [3.8, 4) is 0 Å². The van der Waals surface area contributed by atoms with Gasteiger partial charge in [-0.05, 0) is 12.8 Å². The Bertz CT molecular complexity index is 350. The molecule has 19 heavy (non-hydrogen) atoms. The molecule has 1 aliphatic heterocycles. The predicted molar refractivity (Wildman–Crippen MR) is 66.2 cm³/mol. The zero-order chi connectivity index (χ0) is 14.4. The van der Waals surface area contributed by atoms with E-state index in [2.05, 4.69) is 5.32 Å². The quantitative estimate of drug-likeness (QED) is 0.607. The third-order valence-corrected chi connectivity index (χ3v) is 3.31. The number of aliphatic hydroxyl groups excluding tert-OH is 1. The molecule has 0 radical (unpaired) electrons. The standard InChI is InChI=1S/C12H20N2O5/c1-8(15)14-6-3-9(4-7-14)11(17)13-5-2-10(16)12(18)19/h9-10,16H,2-7H2,1H3,(H,13,17)(H,18,19). The number of aliphatic hydroxyl groups is 1. The molecule has 2 amide bonds. The smallest absolute Gasteiger partial charge is 0.332 e. The fourth-order valence-corrected chi connectivity index (χ4v) is 2.06. The van der Waals surface area contributed by atoms with Gasteiger partial charge >= 0.3 is 5.97 Å². The van der Waals surface area contributed by atoms with Crippen molar-refractivity contribution in [2.24, 2.45) is 5.92 Å². The normalized spacial score (nSPS) is 17.9. The Kier molecular flexibility index (Phi) is 5.75. The average Bonchev–Trinajstić information content (AvgIpc) is 2.38. The van der Waals surface area contributed by atoms with Gasteiger partial charge in [-0.15, -0.1) is 0 Å². The first kappa shape index (κ1) is 15.4. The van der Waals surface area contributed by atoms with Crippen LogP contribution in [0.2, 0.25) is 0 Å². The number of nitrogens with zero attached hydrogens (tertiary/aromatic N) is 1. The maximum absolute atomic E-state index is 11.8. The van der Waals surface area contributed by atoms with Crippen molar-refractivity contribution in [1.82, 2.24) is 10.2 Å². The number of hydrogen-bond donors (Lipinski definition) is 3. The maximum atomic E-state index is 11.8. The SMILES string of the molecule is CC(=O)N1CCC(C(=O)NCCC(O)C(=O)O)CC1. The van der Waals surface area contributed by atoms with E-state index in [9.17, 15) is 14.4 Å². The average molecular weight is 272 g/mol. The second kappa shape index (κ2) is 7.08. The Hall–Kier alpha value is -1.63. The van der Waals surface area contributed by atoms with Crippen LogP contribution < -0.4 is 5.32 Å². The van der Waals surface area contributed by atoms with Crippen molar-refractivity contribution in [2.75, 3.05) is 19.6 Å². The number of carbonyl (C=O) groups is 3. The van der Waals surface area contributed by atoms with E-state index in [-0.39, 0.29) is 30.7 Å². The summed E-state index contributed by atoms with van der Waals surface area (Å²) in [4.78, 5) is 35.0. The summed E-state index contributed by atoms with van der Waals surface area (Å²) in [5.74, 6) is -1.55. The summed E-state index contributed by atoms with van der Waals surface area (Å²) >= 11 is 0. The molecule has 1 unspecified atom stereocenters. The minimum absolute atomic E-state index is 0.00658. The summed E-state index contributed by atoms with van der Waals surface area (Å²) in [6.45, 7) is 2.79. The molecule has 3 N–H and O–H groups in total. The van der Waals surface area contributed by atoms with Crippen LogP contribution in [-0.4, -0.2) is 58.6 Å². The van der Waals surface area contributed by atoms with Crippen LogP contribution in [0.3, 0.4) is 0 Å². The highest BCUT2D eigenvalue weighted by molar-refractivity contribution is 5.79. The van der Waals surface area contributed by atoms with Crippen molar-refractivity contribution >= 4 is 17.8 Å². The lowest BCUT2D eigenvalue weighted by atomic mass is 9.96. The van der Waals surface area contributed by atoms with Crippen molar-refractivity contribution in [1.29, 1.82) is 0 Å². The zero-order valence-electron chi connectivity index (χ0n) is 11.0. The van der Waals surface area contributed by atoms with E-state index in [1.807, 2.05) is 0 Å². The van der Waals surface area contributed by atoms with E-state index in [1.54, 1.807) is 4.90 Å². The Morgan fingerprint density at radius 1 is 1.32 bits per heavy atom. The molecule has 0 bridgehead atoms. The number of carboxylic acid groups (broad SMARTS) is 1. The van der Waals surface area contributed by atoms with Crippen LogP contribution in [0.4, 0.5) is 0 Å². The van der Waals surface area contributed by atoms with E-state index in [0.717, 1.165) is 0 Å². The van der Waals surface area contributed by atoms with Gasteiger partial charge in [0.1, 0.15) is 0 Å². The molecule has 1 rings (SSSR count). The van der Waals surface area contributed by atoms with E-state index in [1.165, 1.54) is 6.92 Å². The minimum Gasteiger partial charge on any atom is -0.479 e. The largest absolute Gasteiger partial charge is 0.479 e. The molecular weight excluding hydrogens is 252 g/mol. The number of likely N-dealkylation sites (tertiary alicyclic amines) is 1. The molecule has 1 heterocycles. The van der Waals surface area contributed by atoms with Gasteiger partial charge in [-0.1, -0.05) is 0 Å². The first-order valence-electron chi connectivity index (χ1n) is 6.36. The molecule has 0 spiro atoms. The topological polar surface area (TPSA) is 107 Å². The van der Waals surface area contributed by atoms with Gasteiger partial charge in [0.15, 0.2) is 6.10 Å². The first-order valence-corrected chi connectivity index (χ1v) is 6.36. The second-order valence-electron chi connectivity index (χ2n) is 4.71. The number of piperidine rings is 1. The molecule has 1 saturated heterocycles. The van der Waals surface area contributed by atoms with E-state index >= 15 is 0 Å². The van der Waals surface area contributed by atoms with Crippen molar-refractivity contribution in [3.63, 3.8) is 0 Å². The molecule has 0 aliphatic carbocycles. The van der Waals surface area contributed by atoms with Crippen LogP contribution in [0.5, 0.6) is 0 Å². The Balaban J connectivity index is 2.24. The molecule has 1 aliphatic rings. The van der Waals surface area contributed by atoms with Crippen molar-refractivity contribution in [2.45, 2.75) is 32.3 Å². The summed E-state index contributed by atoms with van der Waals surface area (Å²) in [6.07, 6.45) is -0.215. The van der Waals surface area contributed by atoms with Crippen LogP contribution in [0.25, 0.3) is 0 Å². The summed E-state index contributed by atoms with van der Waals surface area (Å²) in [7, 11) is 0. The zero-order valence-corrected chi connectivity index (χ0v) is 11.0. The van der Waals surface area contributed by atoms with Gasteiger partial charge in [0, 0.05) is 38.9 Å². The highest BCUT2D eigenvalue weighted by Crippen LogP contribution is 2.17. The van der Waals surface area contributed by atoms with Crippen LogP contribution >= 0.6 is 0 Å². The van der Waals surface area contributed by atoms with Gasteiger partial charge < -0.3 is 20.4 Å². The number of amides is 2. The summed E-state index contributed by atoms with van der Waals surface area (Å²) in [5.41, 5.74) is 0. The highest BCUT2D eigenvalue weighted by atomic mass is 16.4. The van der Waals surface area contributed by atoms with E-state index in [0.29, 0.717) is 25.9 Å². The number of carboxylic acids is 1. The van der Waals surface area contributed by atoms with Crippen LogP contribution in [-0.2, 0) is 14.4 Å². The molecule has 0 aromatic heterocycles. The van der Waals surface area contributed by atoms with Gasteiger partial charge in [-0.3, -0.25) is 9.59 Å². The Morgan fingerprint density at radius 3 is 2.37 bits per heavy atom. The van der Waals surface area contributed by atoms with Gasteiger partial charge in [-0.2, -0.15) is 0 Å². The van der Waals surface area contributed by atoms with Crippen molar-refractivity contribution < 1.29 is 24.6 Å². The second-order valence-corrected chi connectivity index (χ2v) is 4.71. The fourth-order valence-electron chi connectivity index (χ4n) is 2.06. The van der Waals surface area contributed by atoms with Gasteiger partial charge in [0.25, 0.3) is 0 Å². The Labute approximate surface area is 111 Å². The van der Waals surface area contributed by atoms with Gasteiger partial charge in [0.05, 0.1) is 0 Å². The summed E-state index contributed by atoms with van der Waals surface area (Å²) in [6, 6.07) is 0. The van der Waals surface area contributed by atoms with Crippen LogP contribution in [0.15, 0.2) is 0 Å². The van der Waals surface area contributed by atoms with E-state index < -0.39 is 12.1 Å². The molecule has 1 fully saturated rings. The summed E-state index contributed by atoms with van der Waals surface area (Å²) < 4.78 is 0. The van der Waals surface area contributed by atoms with Crippen molar-refractivity contribution in [3.05, 3.63) is 0 Å². The van der Waals surface area contributed by atoms with Gasteiger partial charge in [0.2, 0.25) is 11.8 Å². The molecule has 1 atom stereocenters. The van der Waals surface area contributed by atoms with E-state index in [4.69, 9.17) is 10.2 Å². The van der Waals surface area contributed by atoms with Crippen LogP contribution in [0, 0.1) is 5.92 Å². The number of rotatable bonds is 5. The minimum atomic E-state index is -1.44. The molecule has 7 heteroatoms. The Morgan fingerprint density at radius 2 is 1.89 bits per heavy atom.